The van der Waals surface area contributed by atoms with Gasteiger partial charge >= 0.3 is 0 Å². The molecular weight excluding hydrogens is 314 g/mol. The van der Waals surface area contributed by atoms with Gasteiger partial charge in [0.2, 0.25) is 0 Å². The first-order valence-corrected chi connectivity index (χ1v) is 7.54. The molecule has 2 nitrogen and oxygen atoms in total. The summed E-state index contributed by atoms with van der Waals surface area (Å²) in [4.78, 5) is 0. The van der Waals surface area contributed by atoms with Crippen molar-refractivity contribution in [2.75, 3.05) is 12.4 Å². The largest absolute Gasteiger partial charge is 0.496 e. The van der Waals surface area contributed by atoms with Crippen LogP contribution >= 0.6 is 15.9 Å². The van der Waals surface area contributed by atoms with Gasteiger partial charge in [0.1, 0.15) is 5.75 Å². The molecule has 0 aliphatic rings. The van der Waals surface area contributed by atoms with E-state index in [1.807, 2.05) is 12.1 Å². The molecule has 1 unspecified atom stereocenters. The fourth-order valence-corrected chi connectivity index (χ4v) is 2.65. The standard InChI is InChI=1S/C17H20BrNO/c1-12(11-14-7-4-5-10-17(14)20-3)19-16-9-6-8-15(18)13(16)2/h4-10,12,19H,11H2,1-3H3. The Hall–Kier alpha value is -1.48. The van der Waals surface area contributed by atoms with Crippen LogP contribution in [-0.2, 0) is 6.42 Å². The van der Waals surface area contributed by atoms with E-state index in [1.54, 1.807) is 7.11 Å². The van der Waals surface area contributed by atoms with Gasteiger partial charge in [-0.15, -0.1) is 0 Å². The maximum Gasteiger partial charge on any atom is 0.122 e. The molecule has 2 aromatic rings. The van der Waals surface area contributed by atoms with E-state index in [2.05, 4.69) is 65.4 Å². The fourth-order valence-electron chi connectivity index (χ4n) is 2.28. The highest BCUT2D eigenvalue weighted by atomic mass is 79.9. The summed E-state index contributed by atoms with van der Waals surface area (Å²) in [6, 6.07) is 14.7. The number of ether oxygens (including phenoxy) is 1. The van der Waals surface area contributed by atoms with Crippen molar-refractivity contribution >= 4 is 21.6 Å². The van der Waals surface area contributed by atoms with E-state index in [0.29, 0.717) is 6.04 Å². The van der Waals surface area contributed by atoms with Gasteiger partial charge in [0.05, 0.1) is 7.11 Å². The summed E-state index contributed by atoms with van der Waals surface area (Å²) < 4.78 is 6.54. The van der Waals surface area contributed by atoms with Crippen LogP contribution in [0, 0.1) is 6.92 Å². The number of methoxy groups -OCH3 is 1. The molecule has 0 amide bonds. The summed E-state index contributed by atoms with van der Waals surface area (Å²) in [5.74, 6) is 0.951. The first-order valence-electron chi connectivity index (χ1n) is 6.75. The minimum absolute atomic E-state index is 0.333. The average Bonchev–Trinajstić information content (AvgIpc) is 2.44. The zero-order valence-corrected chi connectivity index (χ0v) is 13.7. The van der Waals surface area contributed by atoms with Crippen molar-refractivity contribution in [2.24, 2.45) is 0 Å². The van der Waals surface area contributed by atoms with Crippen molar-refractivity contribution in [2.45, 2.75) is 26.3 Å². The van der Waals surface area contributed by atoms with Crippen LogP contribution in [0.3, 0.4) is 0 Å². The van der Waals surface area contributed by atoms with E-state index < -0.39 is 0 Å². The summed E-state index contributed by atoms with van der Waals surface area (Å²) in [5.41, 5.74) is 3.63. The average molecular weight is 334 g/mol. The molecule has 2 rings (SSSR count). The summed E-state index contributed by atoms with van der Waals surface area (Å²) in [7, 11) is 1.72. The molecule has 0 aliphatic carbocycles. The number of nitrogens with one attached hydrogen (secondary N) is 1. The molecule has 0 aromatic heterocycles. The van der Waals surface area contributed by atoms with Crippen LogP contribution in [0.1, 0.15) is 18.1 Å². The Bertz CT molecular complexity index is 583. The first-order chi connectivity index (χ1) is 9.61. The molecule has 3 heteroatoms. The lowest BCUT2D eigenvalue weighted by Crippen LogP contribution is -2.19. The lowest BCUT2D eigenvalue weighted by molar-refractivity contribution is 0.409. The number of hydrogen-bond donors (Lipinski definition) is 1. The third-order valence-electron chi connectivity index (χ3n) is 3.39. The summed E-state index contributed by atoms with van der Waals surface area (Å²) in [6.45, 7) is 4.30. The Balaban J connectivity index is 2.09. The van der Waals surface area contributed by atoms with Crippen molar-refractivity contribution in [3.05, 3.63) is 58.1 Å². The van der Waals surface area contributed by atoms with Gasteiger partial charge < -0.3 is 10.1 Å². The van der Waals surface area contributed by atoms with Crippen molar-refractivity contribution in [3.63, 3.8) is 0 Å². The van der Waals surface area contributed by atoms with E-state index in [4.69, 9.17) is 4.74 Å². The molecule has 0 radical (unpaired) electrons. The van der Waals surface area contributed by atoms with Crippen molar-refractivity contribution in [1.82, 2.24) is 0 Å². The smallest absolute Gasteiger partial charge is 0.122 e. The normalized spacial score (nSPS) is 12.0. The molecule has 106 valence electrons. The third kappa shape index (κ3) is 3.54. The monoisotopic (exact) mass is 333 g/mol. The van der Waals surface area contributed by atoms with E-state index >= 15 is 0 Å². The maximum absolute atomic E-state index is 5.40. The van der Waals surface area contributed by atoms with Gasteiger partial charge in [0.25, 0.3) is 0 Å². The van der Waals surface area contributed by atoms with Gasteiger partial charge in [-0.3, -0.25) is 0 Å². The van der Waals surface area contributed by atoms with Crippen LogP contribution in [0.5, 0.6) is 5.75 Å². The summed E-state index contributed by atoms with van der Waals surface area (Å²) in [5, 5.41) is 3.57. The SMILES string of the molecule is COc1ccccc1CC(C)Nc1cccc(Br)c1C. The molecule has 0 fully saturated rings. The Morgan fingerprint density at radius 2 is 1.90 bits per heavy atom. The third-order valence-corrected chi connectivity index (χ3v) is 4.25. The van der Waals surface area contributed by atoms with Crippen LogP contribution in [-0.4, -0.2) is 13.2 Å². The number of benzene rings is 2. The van der Waals surface area contributed by atoms with E-state index in [0.717, 1.165) is 16.6 Å². The molecule has 1 N–H and O–H groups in total. The highest BCUT2D eigenvalue weighted by molar-refractivity contribution is 9.10. The Morgan fingerprint density at radius 3 is 2.65 bits per heavy atom. The first kappa shape index (κ1) is 14.9. The highest BCUT2D eigenvalue weighted by Gasteiger charge is 2.09. The van der Waals surface area contributed by atoms with Gasteiger partial charge in [-0.1, -0.05) is 40.2 Å². The van der Waals surface area contributed by atoms with Crippen LogP contribution in [0.25, 0.3) is 0 Å². The van der Waals surface area contributed by atoms with Crippen molar-refractivity contribution in [1.29, 1.82) is 0 Å². The second kappa shape index (κ2) is 6.80. The van der Waals surface area contributed by atoms with Gasteiger partial charge in [-0.2, -0.15) is 0 Å². The topological polar surface area (TPSA) is 21.3 Å². The van der Waals surface area contributed by atoms with Gasteiger partial charge in [-0.25, -0.2) is 0 Å². The molecule has 0 aliphatic heterocycles. The highest BCUT2D eigenvalue weighted by Crippen LogP contribution is 2.25. The number of halogens is 1. The Morgan fingerprint density at radius 1 is 1.15 bits per heavy atom. The summed E-state index contributed by atoms with van der Waals surface area (Å²) in [6.07, 6.45) is 0.927. The zero-order chi connectivity index (χ0) is 14.5. The fraction of sp³-hybridized carbons (Fsp3) is 0.294. The number of rotatable bonds is 5. The Labute approximate surface area is 129 Å². The van der Waals surface area contributed by atoms with E-state index in [1.165, 1.54) is 16.8 Å². The minimum Gasteiger partial charge on any atom is -0.496 e. The van der Waals surface area contributed by atoms with Crippen LogP contribution < -0.4 is 10.1 Å². The van der Waals surface area contributed by atoms with E-state index in [-0.39, 0.29) is 0 Å². The molecule has 0 bridgehead atoms. The van der Waals surface area contributed by atoms with Gasteiger partial charge in [0, 0.05) is 16.2 Å². The molecule has 2 aromatic carbocycles. The number of hydrogen-bond acceptors (Lipinski definition) is 2. The number of anilines is 1. The zero-order valence-electron chi connectivity index (χ0n) is 12.1. The maximum atomic E-state index is 5.40. The van der Waals surface area contributed by atoms with Crippen molar-refractivity contribution in [3.8, 4) is 5.75 Å². The molecule has 0 saturated carbocycles. The lowest BCUT2D eigenvalue weighted by atomic mass is 10.1. The Kier molecular flexibility index (Phi) is 5.07. The van der Waals surface area contributed by atoms with Crippen LogP contribution in [0.2, 0.25) is 0 Å². The number of para-hydroxylation sites is 1. The molecule has 1 atom stereocenters. The predicted molar refractivity (Wildman–Crippen MR) is 88.7 cm³/mol. The predicted octanol–water partition coefficient (Wildman–Crippen LogP) is 4.81. The lowest BCUT2D eigenvalue weighted by Gasteiger charge is -2.19. The second-order valence-electron chi connectivity index (χ2n) is 4.97. The van der Waals surface area contributed by atoms with Crippen LogP contribution in [0.15, 0.2) is 46.9 Å². The molecule has 20 heavy (non-hydrogen) atoms. The van der Waals surface area contributed by atoms with Crippen molar-refractivity contribution < 1.29 is 4.74 Å². The minimum atomic E-state index is 0.333. The molecule has 0 heterocycles. The van der Waals surface area contributed by atoms with Crippen LogP contribution in [0.4, 0.5) is 5.69 Å². The summed E-state index contributed by atoms with van der Waals surface area (Å²) >= 11 is 3.57. The van der Waals surface area contributed by atoms with E-state index in [9.17, 15) is 0 Å². The van der Waals surface area contributed by atoms with Gasteiger partial charge in [0.15, 0.2) is 0 Å². The second-order valence-corrected chi connectivity index (χ2v) is 5.83. The molecule has 0 spiro atoms. The molecule has 0 saturated heterocycles. The van der Waals surface area contributed by atoms with Gasteiger partial charge in [-0.05, 0) is 49.6 Å². The quantitative estimate of drug-likeness (QED) is 0.847. The molecular formula is C17H20BrNO.